The number of aliphatic hydroxyl groups is 1. The Hall–Kier alpha value is -0.430. The molecule has 1 heterocycles. The van der Waals surface area contributed by atoms with Crippen molar-refractivity contribution in [3.05, 3.63) is 34.3 Å². The molecule has 0 radical (unpaired) electrons. The summed E-state index contributed by atoms with van der Waals surface area (Å²) in [4.78, 5) is 0. The van der Waals surface area contributed by atoms with Crippen molar-refractivity contribution in [2.45, 2.75) is 25.0 Å². The smallest absolute Gasteiger partial charge is 0.150 e. The summed E-state index contributed by atoms with van der Waals surface area (Å²) < 4.78 is 23.6. The van der Waals surface area contributed by atoms with E-state index in [1.165, 1.54) is 0 Å². The number of halogens is 1. The summed E-state index contributed by atoms with van der Waals surface area (Å²) >= 11 is 3.37. The van der Waals surface area contributed by atoms with Gasteiger partial charge in [0.2, 0.25) is 0 Å². The zero-order chi connectivity index (χ0) is 13.9. The van der Waals surface area contributed by atoms with Crippen LogP contribution < -0.4 is 5.32 Å². The number of nitrogens with one attached hydrogen (secondary N) is 1. The van der Waals surface area contributed by atoms with Gasteiger partial charge in [-0.2, -0.15) is 0 Å². The van der Waals surface area contributed by atoms with Crippen LogP contribution in [0, 0.1) is 0 Å². The van der Waals surface area contributed by atoms with Crippen molar-refractivity contribution in [2.24, 2.45) is 0 Å². The van der Waals surface area contributed by atoms with Gasteiger partial charge >= 0.3 is 0 Å². The average molecular weight is 348 g/mol. The highest BCUT2D eigenvalue weighted by Crippen LogP contribution is 2.18. The molecule has 0 spiro atoms. The van der Waals surface area contributed by atoms with Crippen molar-refractivity contribution >= 4 is 25.8 Å². The molecule has 1 unspecified atom stereocenters. The van der Waals surface area contributed by atoms with E-state index in [1.54, 1.807) is 0 Å². The zero-order valence-corrected chi connectivity index (χ0v) is 13.0. The van der Waals surface area contributed by atoms with Gasteiger partial charge in [0.05, 0.1) is 17.6 Å². The lowest BCUT2D eigenvalue weighted by molar-refractivity contribution is 0.168. The number of hydrogen-bond acceptors (Lipinski definition) is 4. The lowest BCUT2D eigenvalue weighted by Gasteiger charge is -2.24. The maximum Gasteiger partial charge on any atom is 0.150 e. The van der Waals surface area contributed by atoms with E-state index in [0.29, 0.717) is 19.4 Å². The van der Waals surface area contributed by atoms with Gasteiger partial charge in [0.1, 0.15) is 9.84 Å². The van der Waals surface area contributed by atoms with Crippen LogP contribution in [0.3, 0.4) is 0 Å². The molecule has 1 aliphatic rings. The SMILES string of the molecule is O=S1(=O)CCC(NCC(O)c2cccc(Br)c2)CC1. The first-order valence-corrected chi connectivity index (χ1v) is 8.95. The summed E-state index contributed by atoms with van der Waals surface area (Å²) in [6, 6.07) is 7.75. The standard InChI is InChI=1S/C13H18BrNO3S/c14-11-3-1-2-10(8-11)13(16)9-15-12-4-6-19(17,18)7-5-12/h1-3,8,12-13,15-16H,4-7,9H2. The summed E-state index contributed by atoms with van der Waals surface area (Å²) in [5.74, 6) is 0.495. The number of benzene rings is 1. The average Bonchev–Trinajstić information content (AvgIpc) is 2.37. The van der Waals surface area contributed by atoms with Crippen molar-refractivity contribution in [3.8, 4) is 0 Å². The van der Waals surface area contributed by atoms with Gasteiger partial charge in [-0.25, -0.2) is 8.42 Å². The second-order valence-electron chi connectivity index (χ2n) is 4.91. The Balaban J connectivity index is 1.83. The van der Waals surface area contributed by atoms with Crippen molar-refractivity contribution in [2.75, 3.05) is 18.1 Å². The Labute approximate surface area is 122 Å². The van der Waals surface area contributed by atoms with Crippen LogP contribution in [0.2, 0.25) is 0 Å². The quantitative estimate of drug-likeness (QED) is 0.868. The van der Waals surface area contributed by atoms with E-state index in [-0.39, 0.29) is 17.5 Å². The zero-order valence-electron chi connectivity index (χ0n) is 10.5. The largest absolute Gasteiger partial charge is 0.387 e. The fraction of sp³-hybridized carbons (Fsp3) is 0.538. The Morgan fingerprint density at radius 2 is 2.05 bits per heavy atom. The first-order valence-electron chi connectivity index (χ1n) is 6.33. The topological polar surface area (TPSA) is 66.4 Å². The maximum absolute atomic E-state index is 11.3. The fourth-order valence-electron chi connectivity index (χ4n) is 2.20. The molecule has 19 heavy (non-hydrogen) atoms. The highest BCUT2D eigenvalue weighted by atomic mass is 79.9. The van der Waals surface area contributed by atoms with Crippen molar-refractivity contribution in [1.82, 2.24) is 5.32 Å². The lowest BCUT2D eigenvalue weighted by atomic mass is 10.1. The van der Waals surface area contributed by atoms with E-state index in [2.05, 4.69) is 21.2 Å². The molecule has 0 bridgehead atoms. The fourth-order valence-corrected chi connectivity index (χ4v) is 4.11. The molecule has 106 valence electrons. The van der Waals surface area contributed by atoms with Gasteiger partial charge in [-0.15, -0.1) is 0 Å². The van der Waals surface area contributed by atoms with Crippen LogP contribution in [0.5, 0.6) is 0 Å². The van der Waals surface area contributed by atoms with Crippen LogP contribution in [0.15, 0.2) is 28.7 Å². The van der Waals surface area contributed by atoms with Crippen LogP contribution in [-0.4, -0.2) is 37.6 Å². The van der Waals surface area contributed by atoms with Gasteiger partial charge in [-0.1, -0.05) is 28.1 Å². The Morgan fingerprint density at radius 3 is 2.68 bits per heavy atom. The summed E-state index contributed by atoms with van der Waals surface area (Å²) in [5, 5.41) is 13.3. The first kappa shape index (κ1) is 15.0. The van der Waals surface area contributed by atoms with E-state index in [1.807, 2.05) is 24.3 Å². The molecule has 2 rings (SSSR count). The van der Waals surface area contributed by atoms with Crippen molar-refractivity contribution in [3.63, 3.8) is 0 Å². The van der Waals surface area contributed by atoms with Gasteiger partial charge < -0.3 is 10.4 Å². The molecule has 1 saturated heterocycles. The first-order chi connectivity index (χ1) is 8.96. The van der Waals surface area contributed by atoms with E-state index < -0.39 is 15.9 Å². The summed E-state index contributed by atoms with van der Waals surface area (Å²) in [7, 11) is -2.82. The van der Waals surface area contributed by atoms with Gasteiger partial charge in [0, 0.05) is 17.1 Å². The normalized spacial score (nSPS) is 21.2. The third-order valence-electron chi connectivity index (χ3n) is 3.39. The molecular weight excluding hydrogens is 330 g/mol. The summed E-state index contributed by atoms with van der Waals surface area (Å²) in [6.07, 6.45) is 0.692. The molecule has 0 aliphatic carbocycles. The van der Waals surface area contributed by atoms with Crippen LogP contribution >= 0.6 is 15.9 Å². The molecule has 0 amide bonds. The van der Waals surface area contributed by atoms with Crippen molar-refractivity contribution < 1.29 is 13.5 Å². The molecule has 0 aromatic heterocycles. The highest BCUT2D eigenvalue weighted by molar-refractivity contribution is 9.10. The predicted molar refractivity (Wildman–Crippen MR) is 78.8 cm³/mol. The minimum atomic E-state index is -2.82. The molecule has 1 aliphatic heterocycles. The number of rotatable bonds is 4. The molecule has 4 nitrogen and oxygen atoms in total. The minimum absolute atomic E-state index is 0.185. The third-order valence-corrected chi connectivity index (χ3v) is 5.60. The molecule has 0 saturated carbocycles. The van der Waals surface area contributed by atoms with Crippen molar-refractivity contribution in [1.29, 1.82) is 0 Å². The summed E-state index contributed by atoms with van der Waals surface area (Å²) in [5.41, 5.74) is 0.852. The van der Waals surface area contributed by atoms with Gasteiger partial charge in [-0.3, -0.25) is 0 Å². The second-order valence-corrected chi connectivity index (χ2v) is 8.12. The van der Waals surface area contributed by atoms with Gasteiger partial charge in [0.15, 0.2) is 0 Å². The molecule has 1 atom stereocenters. The highest BCUT2D eigenvalue weighted by Gasteiger charge is 2.23. The number of aliphatic hydroxyl groups excluding tert-OH is 1. The molecule has 2 N–H and O–H groups in total. The number of hydrogen-bond donors (Lipinski definition) is 2. The monoisotopic (exact) mass is 347 g/mol. The summed E-state index contributed by atoms with van der Waals surface area (Å²) in [6.45, 7) is 0.446. The van der Waals surface area contributed by atoms with E-state index in [9.17, 15) is 13.5 Å². The van der Waals surface area contributed by atoms with Crippen LogP contribution in [0.25, 0.3) is 0 Å². The minimum Gasteiger partial charge on any atom is -0.387 e. The molecular formula is C13H18BrNO3S. The van der Waals surface area contributed by atoms with E-state index >= 15 is 0 Å². The number of sulfone groups is 1. The second kappa shape index (κ2) is 6.35. The Bertz CT molecular complexity index is 518. The van der Waals surface area contributed by atoms with Crippen LogP contribution in [-0.2, 0) is 9.84 Å². The lowest BCUT2D eigenvalue weighted by Crippen LogP contribution is -2.39. The van der Waals surface area contributed by atoms with E-state index in [4.69, 9.17) is 0 Å². The van der Waals surface area contributed by atoms with Crippen LogP contribution in [0.1, 0.15) is 24.5 Å². The molecule has 1 aromatic rings. The molecule has 1 fully saturated rings. The Kier molecular flexibility index (Phi) is 5.00. The maximum atomic E-state index is 11.3. The van der Waals surface area contributed by atoms with Gasteiger partial charge in [0.25, 0.3) is 0 Å². The molecule has 1 aromatic carbocycles. The van der Waals surface area contributed by atoms with Gasteiger partial charge in [-0.05, 0) is 30.5 Å². The predicted octanol–water partition coefficient (Wildman–Crippen LogP) is 1.65. The van der Waals surface area contributed by atoms with Crippen LogP contribution in [0.4, 0.5) is 0 Å². The van der Waals surface area contributed by atoms with E-state index in [0.717, 1.165) is 10.0 Å². The Morgan fingerprint density at radius 1 is 1.37 bits per heavy atom. The molecule has 6 heteroatoms. The third kappa shape index (κ3) is 4.56.